The molecule has 3 spiro atoms. The molecule has 624 valence electrons. The Labute approximate surface area is 784 Å². The molecular weight excluding hydrogens is 1630 g/mol. The summed E-state index contributed by atoms with van der Waals surface area (Å²) in [6, 6.07) is 179. The molecule has 0 fully saturated rings. The smallest absolute Gasteiger partial charge is 0.0725 e. The van der Waals surface area contributed by atoms with E-state index in [2.05, 4.69) is 455 Å². The van der Waals surface area contributed by atoms with Gasteiger partial charge in [0.05, 0.1) is 33.3 Å². The average Bonchev–Trinajstić information content (AvgIpc) is 1.52. The van der Waals surface area contributed by atoms with Crippen LogP contribution < -0.4 is 0 Å². The van der Waals surface area contributed by atoms with Crippen molar-refractivity contribution in [2.24, 2.45) is 0 Å². The van der Waals surface area contributed by atoms with Crippen molar-refractivity contribution in [2.45, 2.75) is 16.2 Å². The normalized spacial score (nSPS) is 13.5. The third-order valence-corrected chi connectivity index (χ3v) is 30.4. The lowest BCUT2D eigenvalue weighted by molar-refractivity contribution is 0.794. The molecule has 0 atom stereocenters. The van der Waals surface area contributed by atoms with Gasteiger partial charge in [-0.15, -0.1) is 0 Å². The largest absolute Gasteiger partial charge is 0.256 e. The number of pyridine rings is 3. The van der Waals surface area contributed by atoms with Gasteiger partial charge in [-0.25, -0.2) is 0 Å². The van der Waals surface area contributed by atoms with Gasteiger partial charge < -0.3 is 0 Å². The van der Waals surface area contributed by atoms with E-state index in [0.717, 1.165) is 134 Å². The van der Waals surface area contributed by atoms with Gasteiger partial charge in [0.15, 0.2) is 0 Å². The quantitative estimate of drug-likeness (QED) is 0.122. The summed E-state index contributed by atoms with van der Waals surface area (Å²) < 4.78 is 0. The maximum Gasteiger partial charge on any atom is 0.0725 e. The van der Waals surface area contributed by atoms with E-state index in [1.807, 2.05) is 36.8 Å². The van der Waals surface area contributed by atoms with Crippen molar-refractivity contribution >= 4 is 0 Å². The van der Waals surface area contributed by atoms with Crippen LogP contribution in [0.2, 0.25) is 0 Å². The number of benzene rings is 19. The van der Waals surface area contributed by atoms with Gasteiger partial charge in [0.1, 0.15) is 0 Å². The fraction of sp³-hybridized carbons (Fsp3) is 0.0227. The number of nitrogens with zero attached hydrogens (tertiary/aromatic N) is 3. The lowest BCUT2D eigenvalue weighted by Gasteiger charge is -2.31. The summed E-state index contributed by atoms with van der Waals surface area (Å²) >= 11 is 0. The summed E-state index contributed by atoms with van der Waals surface area (Å²) in [7, 11) is 0. The minimum Gasteiger partial charge on any atom is -0.256 e. The second-order valence-electron chi connectivity index (χ2n) is 36.8. The number of aromatic nitrogens is 3. The number of rotatable bonds is 12. The molecule has 0 amide bonds. The summed E-state index contributed by atoms with van der Waals surface area (Å²) in [4.78, 5) is 15.2. The van der Waals surface area contributed by atoms with E-state index in [9.17, 15) is 0 Å². The average molecular weight is 1710 g/mol. The Morgan fingerprint density at radius 3 is 0.489 bits per heavy atom. The molecule has 0 saturated carbocycles. The van der Waals surface area contributed by atoms with Crippen LogP contribution in [0.15, 0.2) is 492 Å². The summed E-state index contributed by atoms with van der Waals surface area (Å²) in [5.41, 5.74) is 54.9. The fourth-order valence-corrected chi connectivity index (χ4v) is 24.9. The van der Waals surface area contributed by atoms with Crippen LogP contribution >= 0.6 is 0 Å². The molecule has 0 aliphatic heterocycles. The van der Waals surface area contributed by atoms with Gasteiger partial charge in [-0.2, -0.15) is 0 Å². The summed E-state index contributed by atoms with van der Waals surface area (Å²) in [5, 5.41) is 0. The van der Waals surface area contributed by atoms with Crippen molar-refractivity contribution in [2.75, 3.05) is 0 Å². The highest BCUT2D eigenvalue weighted by Gasteiger charge is 2.55. The van der Waals surface area contributed by atoms with Gasteiger partial charge in [-0.3, -0.25) is 15.0 Å². The second-order valence-corrected chi connectivity index (χ2v) is 36.8. The van der Waals surface area contributed by atoms with Crippen LogP contribution in [0.4, 0.5) is 0 Å². The Balaban J connectivity index is 0.675. The van der Waals surface area contributed by atoms with Crippen LogP contribution in [-0.4, -0.2) is 15.0 Å². The fourth-order valence-electron chi connectivity index (χ4n) is 24.9. The van der Waals surface area contributed by atoms with E-state index >= 15 is 0 Å². The van der Waals surface area contributed by atoms with E-state index in [-0.39, 0.29) is 0 Å². The monoisotopic (exact) mass is 1710 g/mol. The third-order valence-electron chi connectivity index (χ3n) is 30.4. The SMILES string of the molecule is c1ccc(-c2ccc(-c3ccccc3-c3cc(-c4ccccc4-c4ccc(-c5ccccn5)cc4-c4ccc5c(c4)C4(c6ccccc6-c6ccccc64)c4ccccc4-5)cc(-c4ccccc4-c4ccc(-c5ccccn5)cc4-c4ccc5c(c4)C4(c6ccccc6-c6ccccc64)c4ccccc4-5)c3)c(-c3ccc4c(c3)C3(c5ccccc5-c5ccccc53)c3ccccc3-4)c2)nc1. The Hall–Kier alpha value is -17.4. The molecule has 6 aliphatic rings. The van der Waals surface area contributed by atoms with E-state index in [0.29, 0.717) is 0 Å². The molecule has 22 aromatic rings. The van der Waals surface area contributed by atoms with Crippen LogP contribution in [0.5, 0.6) is 0 Å². The number of fused-ring (bicyclic) bond motifs is 30. The Morgan fingerprint density at radius 1 is 0.104 bits per heavy atom. The molecular formula is C132H81N3. The molecule has 0 bridgehead atoms. The van der Waals surface area contributed by atoms with Crippen molar-refractivity contribution in [3.8, 4) is 201 Å². The third kappa shape index (κ3) is 11.0. The highest BCUT2D eigenvalue weighted by molar-refractivity contribution is 6.06. The summed E-state index contributed by atoms with van der Waals surface area (Å²) in [6.07, 6.45) is 5.73. The van der Waals surface area contributed by atoms with Crippen molar-refractivity contribution < 1.29 is 0 Å². The van der Waals surface area contributed by atoms with Crippen LogP contribution in [0.25, 0.3) is 201 Å². The number of hydrogen-bond acceptors (Lipinski definition) is 3. The molecule has 0 radical (unpaired) electrons. The molecule has 19 aromatic carbocycles. The second kappa shape index (κ2) is 29.8. The first kappa shape index (κ1) is 76.5. The Bertz CT molecular complexity index is 7750. The van der Waals surface area contributed by atoms with Gasteiger partial charge in [0, 0.05) is 35.3 Å². The zero-order valence-electron chi connectivity index (χ0n) is 73.6. The Morgan fingerprint density at radius 2 is 0.274 bits per heavy atom. The van der Waals surface area contributed by atoms with Gasteiger partial charge >= 0.3 is 0 Å². The van der Waals surface area contributed by atoms with Crippen LogP contribution in [-0.2, 0) is 16.2 Å². The highest BCUT2D eigenvalue weighted by atomic mass is 14.7. The van der Waals surface area contributed by atoms with Gasteiger partial charge in [-0.1, -0.05) is 382 Å². The van der Waals surface area contributed by atoms with E-state index < -0.39 is 16.2 Å². The van der Waals surface area contributed by atoms with Crippen molar-refractivity contribution in [3.05, 3.63) is 559 Å². The summed E-state index contributed by atoms with van der Waals surface area (Å²) in [6.45, 7) is 0. The van der Waals surface area contributed by atoms with Crippen LogP contribution in [0.3, 0.4) is 0 Å². The molecule has 3 heterocycles. The predicted octanol–water partition coefficient (Wildman–Crippen LogP) is 32.9. The van der Waals surface area contributed by atoms with E-state index in [1.54, 1.807) is 0 Å². The van der Waals surface area contributed by atoms with Crippen molar-refractivity contribution in [3.63, 3.8) is 0 Å². The maximum atomic E-state index is 5.06. The minimum atomic E-state index is -0.559. The first-order valence-corrected chi connectivity index (χ1v) is 46.9. The molecule has 0 N–H and O–H groups in total. The van der Waals surface area contributed by atoms with Crippen LogP contribution in [0.1, 0.15) is 66.8 Å². The topological polar surface area (TPSA) is 38.7 Å². The first-order valence-electron chi connectivity index (χ1n) is 46.9. The minimum absolute atomic E-state index is 0.559. The van der Waals surface area contributed by atoms with Crippen molar-refractivity contribution in [1.82, 2.24) is 15.0 Å². The molecule has 28 rings (SSSR count). The zero-order valence-corrected chi connectivity index (χ0v) is 73.6. The lowest BCUT2D eigenvalue weighted by Crippen LogP contribution is -2.25. The van der Waals surface area contributed by atoms with Gasteiger partial charge in [-0.05, 0) is 325 Å². The standard InChI is InChI=1S/C132H81N3/c1-4-34-94(97-64-61-85(127-55-25-28-70-133-127)76-112(97)82-58-67-109-106-43-13-22-52-121(106)130(124(109)79-82)115-46-16-7-37-100(115)101-38-8-17-47-116(101)130)91(31-1)88-73-89(92-32-2-5-35-95(92)98-65-62-86(128-56-26-29-71-134-128)77-113(98)83-59-68-110-107-44-14-23-53-122(107)131(125(110)80-83)117-48-18-9-39-102(117)103-40-10-19-49-118(103)131)75-90(74-88)93-33-3-6-36-96(93)99-66-63-87(129-57-27-30-72-135-129)78-114(99)84-60-69-111-108-45-15-24-54-123(108)132(126(111)81-84)119-50-20-11-41-104(119)105-42-12-21-51-120(105)132/h1-81H. The number of hydrogen-bond donors (Lipinski definition) is 0. The molecule has 6 aliphatic carbocycles. The molecule has 3 heteroatoms. The van der Waals surface area contributed by atoms with E-state index in [1.165, 1.54) is 134 Å². The Kier molecular flexibility index (Phi) is 16.9. The molecule has 0 saturated heterocycles. The van der Waals surface area contributed by atoms with Crippen molar-refractivity contribution in [1.29, 1.82) is 0 Å². The maximum absolute atomic E-state index is 5.06. The first-order chi connectivity index (χ1) is 67.0. The predicted molar refractivity (Wildman–Crippen MR) is 554 cm³/mol. The molecule has 0 unspecified atom stereocenters. The molecule has 135 heavy (non-hydrogen) atoms. The van der Waals surface area contributed by atoms with Gasteiger partial charge in [0.25, 0.3) is 0 Å². The lowest BCUT2D eigenvalue weighted by atomic mass is 9.70. The highest BCUT2D eigenvalue weighted by Crippen LogP contribution is 2.68. The molecule has 3 nitrogen and oxygen atoms in total. The molecule has 3 aromatic heterocycles. The van der Waals surface area contributed by atoms with Crippen LogP contribution in [0, 0.1) is 0 Å². The van der Waals surface area contributed by atoms with Gasteiger partial charge in [0.2, 0.25) is 0 Å². The van der Waals surface area contributed by atoms with E-state index in [4.69, 9.17) is 15.0 Å². The zero-order chi connectivity index (χ0) is 88.6. The summed E-state index contributed by atoms with van der Waals surface area (Å²) in [5.74, 6) is 0.